The van der Waals surface area contributed by atoms with Crippen molar-refractivity contribution >= 4 is 41.5 Å². The van der Waals surface area contributed by atoms with Crippen LogP contribution < -0.4 is 0 Å². The summed E-state index contributed by atoms with van der Waals surface area (Å²) in [6, 6.07) is 1.14. The quantitative estimate of drug-likeness (QED) is 0.0446. The first kappa shape index (κ1) is 53.8. The van der Waals surface area contributed by atoms with Crippen LogP contribution in [0.1, 0.15) is 67.2 Å². The van der Waals surface area contributed by atoms with Gasteiger partial charge in [0.25, 0.3) is 0 Å². The van der Waals surface area contributed by atoms with Gasteiger partial charge in [-0.05, 0) is 60.3 Å². The van der Waals surface area contributed by atoms with E-state index in [-0.39, 0.29) is 51.4 Å². The number of carbonyl (C=O) groups excluding carboxylic acids is 4. The molecule has 1 atom stereocenters. The first-order valence-electron chi connectivity index (χ1n) is 16.8. The molecule has 0 aromatic carbocycles. The summed E-state index contributed by atoms with van der Waals surface area (Å²) in [5.41, 5.74) is -0.944. The van der Waals surface area contributed by atoms with Gasteiger partial charge in [-0.1, -0.05) is 20.1 Å². The van der Waals surface area contributed by atoms with Crippen LogP contribution >= 0.6 is 0 Å². The summed E-state index contributed by atoms with van der Waals surface area (Å²) in [5.74, 6) is -1.63. The van der Waals surface area contributed by atoms with Gasteiger partial charge in [0.05, 0.1) is 37.3 Å². The molecule has 306 valence electrons. The minimum Gasteiger partial charge on any atom is -0.465 e. The van der Waals surface area contributed by atoms with Gasteiger partial charge < -0.3 is 55.7 Å². The molecule has 0 heterocycles. The van der Waals surface area contributed by atoms with Gasteiger partial charge in [0.1, 0.15) is 13.2 Å². The summed E-state index contributed by atoms with van der Waals surface area (Å²) in [4.78, 5) is 46.4. The molecule has 0 fully saturated rings. The lowest BCUT2D eigenvalue weighted by atomic mass is 9.72. The fourth-order valence-corrected chi connectivity index (χ4v) is 7.68. The van der Waals surface area contributed by atoms with Gasteiger partial charge in [0.15, 0.2) is 0 Å². The number of hydrogen-bond acceptors (Lipinski definition) is 16. The molecule has 18 heteroatoms. The van der Waals surface area contributed by atoms with Crippen molar-refractivity contribution < 1.29 is 74.9 Å². The predicted octanol–water partition coefficient (Wildman–Crippen LogP) is 3.64. The highest BCUT2D eigenvalue weighted by molar-refractivity contribution is 6.60. The smallest absolute Gasteiger partial charge is 0.465 e. The van der Waals surface area contributed by atoms with Crippen molar-refractivity contribution in [3.63, 3.8) is 0 Å². The molecule has 0 aliphatic rings. The Morgan fingerprint density at radius 3 is 1.23 bits per heavy atom. The topological polar surface area (TPSA) is 201 Å². The average molecular weight is 787 g/mol. The summed E-state index contributed by atoms with van der Waals surface area (Å²) in [7, 11) is 4.07. The number of rotatable bonds is 25. The van der Waals surface area contributed by atoms with Gasteiger partial charge in [-0.25, -0.2) is 9.59 Å². The van der Waals surface area contributed by atoms with Crippen LogP contribution in [0.5, 0.6) is 0 Å². The highest BCUT2D eigenvalue weighted by atomic mass is 28.4. The third-order valence-electron chi connectivity index (χ3n) is 7.59. The fraction of sp³-hybridized carbons (Fsp3) is 0.765. The zero-order chi connectivity index (χ0) is 41.0. The Labute approximate surface area is 312 Å². The van der Waals surface area contributed by atoms with Gasteiger partial charge in [0.2, 0.25) is 0 Å². The number of ether oxygens (including phenoxy) is 4. The second kappa shape index (κ2) is 28.9. The molecular formula is C34H66O16Si2. The lowest BCUT2D eigenvalue weighted by Gasteiger charge is -2.33. The van der Waals surface area contributed by atoms with Gasteiger partial charge in [-0.3, -0.25) is 9.59 Å². The van der Waals surface area contributed by atoms with Crippen molar-refractivity contribution in [2.45, 2.75) is 79.3 Å². The van der Waals surface area contributed by atoms with E-state index in [1.165, 1.54) is 21.3 Å². The summed E-state index contributed by atoms with van der Waals surface area (Å²) in [5, 5.41) is 17.0. The third kappa shape index (κ3) is 21.9. The first-order valence-corrected chi connectivity index (χ1v) is 20.6. The zero-order valence-corrected chi connectivity index (χ0v) is 35.5. The molecule has 0 radical (unpaired) electrons. The molecule has 0 bridgehead atoms. The maximum atomic E-state index is 12.5. The highest BCUT2D eigenvalue weighted by Crippen LogP contribution is 2.38. The van der Waals surface area contributed by atoms with Crippen LogP contribution in [0.4, 0.5) is 0 Å². The normalized spacial score (nSPS) is 12.5. The van der Waals surface area contributed by atoms with E-state index in [9.17, 15) is 19.2 Å². The highest BCUT2D eigenvalue weighted by Gasteiger charge is 2.43. The van der Waals surface area contributed by atoms with Crippen LogP contribution in [-0.4, -0.2) is 134 Å². The fourth-order valence-electron chi connectivity index (χ4n) is 4.30. The van der Waals surface area contributed by atoms with E-state index < -0.39 is 40.4 Å². The molecule has 0 aliphatic heterocycles. The molecule has 0 rings (SSSR count). The molecule has 0 spiro atoms. The van der Waals surface area contributed by atoms with Crippen molar-refractivity contribution in [1.29, 1.82) is 0 Å². The number of aliphatic hydroxyl groups is 2. The number of hydrogen-bond donors (Lipinski definition) is 2. The molecule has 0 aromatic heterocycles. The largest absolute Gasteiger partial charge is 0.500 e. The van der Waals surface area contributed by atoms with E-state index >= 15 is 0 Å². The Morgan fingerprint density at radius 1 is 0.577 bits per heavy atom. The summed E-state index contributed by atoms with van der Waals surface area (Å²) < 4.78 is 51.6. The van der Waals surface area contributed by atoms with E-state index in [2.05, 4.69) is 17.9 Å². The molecule has 16 nitrogen and oxygen atoms in total. The van der Waals surface area contributed by atoms with Crippen molar-refractivity contribution in [3.05, 3.63) is 24.3 Å². The average Bonchev–Trinajstić information content (AvgIpc) is 3.13. The predicted molar refractivity (Wildman–Crippen MR) is 197 cm³/mol. The van der Waals surface area contributed by atoms with E-state index in [4.69, 9.17) is 51.0 Å². The van der Waals surface area contributed by atoms with E-state index in [1.54, 1.807) is 55.9 Å². The van der Waals surface area contributed by atoms with Crippen LogP contribution in [-0.2, 0) is 64.7 Å². The van der Waals surface area contributed by atoms with Gasteiger partial charge in [-0.2, -0.15) is 0 Å². The van der Waals surface area contributed by atoms with Gasteiger partial charge in [-0.15, -0.1) is 0 Å². The van der Waals surface area contributed by atoms with E-state index in [1.807, 2.05) is 6.92 Å². The lowest BCUT2D eigenvalue weighted by molar-refractivity contribution is -0.163. The Kier molecular flexibility index (Phi) is 29.9. The molecule has 52 heavy (non-hydrogen) atoms. The summed E-state index contributed by atoms with van der Waals surface area (Å²) in [6.45, 7) is 17.3. The van der Waals surface area contributed by atoms with Crippen LogP contribution in [0.25, 0.3) is 0 Å². The first-order chi connectivity index (χ1) is 24.2. The van der Waals surface area contributed by atoms with Crippen LogP contribution in [0, 0.1) is 10.8 Å². The van der Waals surface area contributed by atoms with Gasteiger partial charge >= 0.3 is 41.5 Å². The number of carbonyl (C=O) groups is 4. The molecule has 0 saturated heterocycles. The minimum atomic E-state index is -2.68. The summed E-state index contributed by atoms with van der Waals surface area (Å²) >= 11 is 0. The molecule has 2 N–H and O–H groups in total. The lowest BCUT2D eigenvalue weighted by Crippen LogP contribution is -2.43. The SMILES string of the molecule is C=C(C)C(=O)OCCC[Si](OC)(OC)OC.C=C(C)C(=O)OCCO.CCC(C)(CC(C)(C)C(=O)OCCC[Si](OC)(OC)OC)C(=O)OCCO. The third-order valence-corrected chi connectivity index (χ3v) is 13.3. The van der Waals surface area contributed by atoms with Crippen molar-refractivity contribution in [2.24, 2.45) is 10.8 Å². The molecular weight excluding hydrogens is 721 g/mol. The zero-order valence-electron chi connectivity index (χ0n) is 33.5. The monoisotopic (exact) mass is 786 g/mol. The number of aliphatic hydroxyl groups excluding tert-OH is 2. The van der Waals surface area contributed by atoms with Crippen LogP contribution in [0.3, 0.4) is 0 Å². The second-order valence-corrected chi connectivity index (χ2v) is 18.5. The van der Waals surface area contributed by atoms with E-state index in [0.717, 1.165) is 0 Å². The standard InChI is InChI=1S/C18H36O8Si.C10H20O5Si.C6H10O3/c1-8-18(4,16(21)26-12-10-19)14-17(2,3)15(20)25-11-9-13-27(22-5,23-6)24-7;1-9(2)10(11)15-7-6-8-16(12-3,13-4)14-5;1-5(2)6(8)9-4-3-7/h19H,8-14H2,1-7H3;1,6-8H2,2-5H3;7H,1,3-4H2,2H3. The maximum absolute atomic E-state index is 12.5. The molecule has 1 unspecified atom stereocenters. The second-order valence-electron chi connectivity index (χ2n) is 12.3. The van der Waals surface area contributed by atoms with Crippen LogP contribution in [0.2, 0.25) is 12.1 Å². The summed E-state index contributed by atoms with van der Waals surface area (Å²) in [6.07, 6.45) is 1.98. The van der Waals surface area contributed by atoms with Crippen molar-refractivity contribution in [2.75, 3.05) is 82.3 Å². The number of esters is 4. The van der Waals surface area contributed by atoms with Gasteiger partial charge in [0, 0.05) is 65.9 Å². The molecule has 0 aromatic rings. The van der Waals surface area contributed by atoms with Crippen molar-refractivity contribution in [1.82, 2.24) is 0 Å². The van der Waals surface area contributed by atoms with E-state index in [0.29, 0.717) is 49.1 Å². The minimum absolute atomic E-state index is 0.0473. The Hall–Kier alpha value is -2.53. The Morgan fingerprint density at radius 2 is 0.904 bits per heavy atom. The van der Waals surface area contributed by atoms with Crippen molar-refractivity contribution in [3.8, 4) is 0 Å². The Balaban J connectivity index is -0.000000805. The van der Waals surface area contributed by atoms with Crippen LogP contribution in [0.15, 0.2) is 24.3 Å². The molecule has 0 aliphatic carbocycles. The maximum Gasteiger partial charge on any atom is 0.500 e. The Bertz CT molecular complexity index is 1040. The molecule has 0 amide bonds. The molecule has 0 saturated carbocycles.